The smallest absolute Gasteiger partial charge is 0.186 e. The van der Waals surface area contributed by atoms with Gasteiger partial charge in [-0.3, -0.25) is 0 Å². The van der Waals surface area contributed by atoms with Crippen LogP contribution < -0.4 is 15.4 Å². The van der Waals surface area contributed by atoms with Crippen LogP contribution in [0.15, 0.2) is 72.8 Å². The van der Waals surface area contributed by atoms with Crippen molar-refractivity contribution in [3.05, 3.63) is 89.7 Å². The first-order valence-corrected chi connectivity index (χ1v) is 10.3. The van der Waals surface area contributed by atoms with Gasteiger partial charge in [-0.2, -0.15) is 0 Å². The zero-order chi connectivity index (χ0) is 20.1. The van der Waals surface area contributed by atoms with Gasteiger partial charge in [0.2, 0.25) is 0 Å². The fraction of sp³-hybridized carbons (Fsp3) is 0.174. The quantitative estimate of drug-likeness (QED) is 0.448. The molecule has 29 heavy (non-hydrogen) atoms. The number of para-hydroxylation sites is 2. The van der Waals surface area contributed by atoms with Crippen molar-refractivity contribution in [2.24, 2.45) is 5.73 Å². The molecular formula is C23H22FN3OS. The van der Waals surface area contributed by atoms with Gasteiger partial charge in [0.05, 0.1) is 10.2 Å². The van der Waals surface area contributed by atoms with E-state index >= 15 is 0 Å². The molecule has 0 aliphatic heterocycles. The lowest BCUT2D eigenvalue weighted by Gasteiger charge is -2.22. The van der Waals surface area contributed by atoms with E-state index in [9.17, 15) is 4.39 Å². The molecule has 0 spiro atoms. The van der Waals surface area contributed by atoms with Crippen molar-refractivity contribution in [1.82, 2.24) is 4.98 Å². The molecule has 0 saturated carbocycles. The second kappa shape index (κ2) is 9.03. The summed E-state index contributed by atoms with van der Waals surface area (Å²) in [6.45, 7) is 2.00. The van der Waals surface area contributed by atoms with Gasteiger partial charge in [0.25, 0.3) is 0 Å². The number of nitrogens with two attached hydrogens (primary N) is 1. The Morgan fingerprint density at radius 1 is 0.931 bits per heavy atom. The fourth-order valence-corrected chi connectivity index (χ4v) is 4.14. The molecule has 1 aromatic heterocycles. The molecule has 0 bridgehead atoms. The Morgan fingerprint density at radius 2 is 1.66 bits per heavy atom. The minimum absolute atomic E-state index is 0.182. The van der Waals surface area contributed by atoms with E-state index in [1.54, 1.807) is 23.5 Å². The van der Waals surface area contributed by atoms with Crippen molar-refractivity contribution in [3.63, 3.8) is 0 Å². The highest BCUT2D eigenvalue weighted by molar-refractivity contribution is 7.22. The van der Waals surface area contributed by atoms with Crippen LogP contribution in [0.5, 0.6) is 5.75 Å². The third-order valence-corrected chi connectivity index (χ3v) is 5.72. The first-order valence-electron chi connectivity index (χ1n) is 9.49. The van der Waals surface area contributed by atoms with E-state index in [4.69, 9.17) is 15.5 Å². The molecule has 0 unspecified atom stereocenters. The standard InChI is InChI=1S/C23H22FN3OS/c24-19-9-3-1-8-18(19)16-28-21-11-5-2-7-17(21)15-27(14-13-25)23-26-20-10-4-6-12-22(20)29-23/h1-12H,13-16,25H2. The molecule has 4 aromatic rings. The van der Waals surface area contributed by atoms with Gasteiger partial charge in [-0.25, -0.2) is 9.37 Å². The molecule has 1 heterocycles. The van der Waals surface area contributed by atoms with Crippen LogP contribution in [0.3, 0.4) is 0 Å². The summed E-state index contributed by atoms with van der Waals surface area (Å²) >= 11 is 1.65. The third kappa shape index (κ3) is 4.55. The van der Waals surface area contributed by atoms with E-state index < -0.39 is 0 Å². The predicted octanol–water partition coefficient (Wildman–Crippen LogP) is 4.98. The highest BCUT2D eigenvalue weighted by Crippen LogP contribution is 2.31. The Hall–Kier alpha value is -2.96. The lowest BCUT2D eigenvalue weighted by atomic mass is 10.2. The molecular weight excluding hydrogens is 385 g/mol. The summed E-state index contributed by atoms with van der Waals surface area (Å²) in [7, 11) is 0. The Kier molecular flexibility index (Phi) is 6.03. The van der Waals surface area contributed by atoms with E-state index in [-0.39, 0.29) is 12.4 Å². The van der Waals surface area contributed by atoms with Crippen LogP contribution in [0.2, 0.25) is 0 Å². The maximum atomic E-state index is 13.9. The third-order valence-electron chi connectivity index (χ3n) is 4.63. The number of nitrogens with zero attached hydrogens (tertiary/aromatic N) is 2. The number of benzene rings is 3. The zero-order valence-corrected chi connectivity index (χ0v) is 16.7. The van der Waals surface area contributed by atoms with E-state index in [0.717, 1.165) is 26.7 Å². The number of halogens is 1. The van der Waals surface area contributed by atoms with Crippen LogP contribution in [0.4, 0.5) is 9.52 Å². The topological polar surface area (TPSA) is 51.4 Å². The number of aromatic nitrogens is 1. The van der Waals surface area contributed by atoms with E-state index in [0.29, 0.717) is 25.2 Å². The highest BCUT2D eigenvalue weighted by Gasteiger charge is 2.15. The van der Waals surface area contributed by atoms with Crippen molar-refractivity contribution >= 4 is 26.7 Å². The summed E-state index contributed by atoms with van der Waals surface area (Å²) in [5.41, 5.74) is 8.40. The summed E-state index contributed by atoms with van der Waals surface area (Å²) in [6.07, 6.45) is 0. The number of anilines is 1. The molecule has 6 heteroatoms. The van der Waals surface area contributed by atoms with E-state index in [1.807, 2.05) is 48.5 Å². The summed E-state index contributed by atoms with van der Waals surface area (Å²) in [5.74, 6) is 0.475. The predicted molar refractivity (Wildman–Crippen MR) is 117 cm³/mol. The van der Waals surface area contributed by atoms with Crippen LogP contribution >= 0.6 is 11.3 Å². The molecule has 0 fully saturated rings. The number of hydrogen-bond donors (Lipinski definition) is 1. The van der Waals surface area contributed by atoms with Gasteiger partial charge in [-0.1, -0.05) is 59.9 Å². The summed E-state index contributed by atoms with van der Waals surface area (Å²) in [5, 5.41) is 0.931. The van der Waals surface area contributed by atoms with Gasteiger partial charge in [0.1, 0.15) is 18.2 Å². The molecule has 0 atom stereocenters. The molecule has 0 aliphatic rings. The van der Waals surface area contributed by atoms with Crippen molar-refractivity contribution in [3.8, 4) is 5.75 Å². The molecule has 148 valence electrons. The first kappa shape index (κ1) is 19.4. The Morgan fingerprint density at radius 3 is 2.45 bits per heavy atom. The normalized spacial score (nSPS) is 11.0. The molecule has 2 N–H and O–H groups in total. The number of ether oxygens (including phenoxy) is 1. The number of hydrogen-bond acceptors (Lipinski definition) is 5. The van der Waals surface area contributed by atoms with Gasteiger partial charge in [-0.05, 0) is 24.3 Å². The van der Waals surface area contributed by atoms with E-state index in [1.165, 1.54) is 6.07 Å². The minimum Gasteiger partial charge on any atom is -0.488 e. The van der Waals surface area contributed by atoms with Crippen LogP contribution in [0.25, 0.3) is 10.2 Å². The van der Waals surface area contributed by atoms with Crippen molar-refractivity contribution in [1.29, 1.82) is 0 Å². The van der Waals surface area contributed by atoms with Crippen LogP contribution in [0.1, 0.15) is 11.1 Å². The molecule has 4 rings (SSSR count). The summed E-state index contributed by atoms with van der Waals surface area (Å²) < 4.78 is 21.0. The van der Waals surface area contributed by atoms with Crippen LogP contribution in [0, 0.1) is 5.82 Å². The van der Waals surface area contributed by atoms with Gasteiger partial charge in [-0.15, -0.1) is 0 Å². The average molecular weight is 408 g/mol. The maximum absolute atomic E-state index is 13.9. The largest absolute Gasteiger partial charge is 0.488 e. The lowest BCUT2D eigenvalue weighted by molar-refractivity contribution is 0.296. The number of fused-ring (bicyclic) bond motifs is 1. The van der Waals surface area contributed by atoms with E-state index in [2.05, 4.69) is 11.0 Å². The van der Waals surface area contributed by atoms with Gasteiger partial charge >= 0.3 is 0 Å². The SMILES string of the molecule is NCCN(Cc1ccccc1OCc1ccccc1F)c1nc2ccccc2s1. The Bertz CT molecular complexity index is 1070. The summed E-state index contributed by atoms with van der Waals surface area (Å²) in [4.78, 5) is 6.92. The van der Waals surface area contributed by atoms with Crippen LogP contribution in [-0.2, 0) is 13.2 Å². The minimum atomic E-state index is -0.260. The second-order valence-corrected chi connectivity index (χ2v) is 7.67. The molecule has 3 aromatic carbocycles. The average Bonchev–Trinajstić information content (AvgIpc) is 3.18. The first-order chi connectivity index (χ1) is 14.2. The van der Waals surface area contributed by atoms with Gasteiger partial charge < -0.3 is 15.4 Å². The van der Waals surface area contributed by atoms with Crippen LogP contribution in [-0.4, -0.2) is 18.1 Å². The number of rotatable bonds is 8. The van der Waals surface area contributed by atoms with Crippen molar-refractivity contribution in [2.45, 2.75) is 13.2 Å². The zero-order valence-electron chi connectivity index (χ0n) is 15.9. The Balaban J connectivity index is 1.56. The summed E-state index contributed by atoms with van der Waals surface area (Å²) in [6, 6.07) is 22.6. The van der Waals surface area contributed by atoms with Gasteiger partial charge in [0, 0.05) is 30.8 Å². The second-order valence-electron chi connectivity index (χ2n) is 6.66. The van der Waals surface area contributed by atoms with Gasteiger partial charge in [0.15, 0.2) is 5.13 Å². The lowest BCUT2D eigenvalue weighted by Crippen LogP contribution is -2.29. The monoisotopic (exact) mass is 407 g/mol. The fourth-order valence-electron chi connectivity index (χ4n) is 3.15. The van der Waals surface area contributed by atoms with Crippen molar-refractivity contribution in [2.75, 3.05) is 18.0 Å². The highest BCUT2D eigenvalue weighted by atomic mass is 32.1. The van der Waals surface area contributed by atoms with Crippen molar-refractivity contribution < 1.29 is 9.13 Å². The molecule has 0 radical (unpaired) electrons. The Labute approximate surface area is 173 Å². The molecule has 0 aliphatic carbocycles. The number of thiazole rings is 1. The molecule has 0 saturated heterocycles. The maximum Gasteiger partial charge on any atom is 0.186 e. The molecule has 0 amide bonds. The molecule has 4 nitrogen and oxygen atoms in total.